The Morgan fingerprint density at radius 2 is 1.37 bits per heavy atom. The van der Waals surface area contributed by atoms with Gasteiger partial charge in [-0.3, -0.25) is 4.99 Å². The largest absolute Gasteiger partial charge is 0.387 e. The molecule has 0 saturated heterocycles. The minimum Gasteiger partial charge on any atom is -0.387 e. The Labute approximate surface area is 112 Å². The maximum Gasteiger partial charge on any atom is 0.150 e. The van der Waals surface area contributed by atoms with Gasteiger partial charge in [0.05, 0.1) is 5.71 Å². The molecule has 0 fully saturated rings. The summed E-state index contributed by atoms with van der Waals surface area (Å²) in [5.74, 6) is 0.526. The van der Waals surface area contributed by atoms with Gasteiger partial charge in [0.1, 0.15) is 5.84 Å². The number of nitrogens with two attached hydrogens (primary N) is 1. The zero-order chi connectivity index (χ0) is 13.3. The fraction of sp³-hybridized carbons (Fsp3) is 0.125. The number of rotatable bonds is 2. The van der Waals surface area contributed by atoms with Crippen LogP contribution in [0.15, 0.2) is 65.7 Å². The summed E-state index contributed by atoms with van der Waals surface area (Å²) in [5.41, 5.74) is 7.66. The van der Waals surface area contributed by atoms with E-state index in [2.05, 4.69) is 4.99 Å². The third-order valence-electron chi connectivity index (χ3n) is 3.49. The first kappa shape index (κ1) is 11.7. The fourth-order valence-corrected chi connectivity index (χ4v) is 2.63. The molecule has 2 aromatic carbocycles. The van der Waals surface area contributed by atoms with Crippen molar-refractivity contribution in [3.05, 3.63) is 71.8 Å². The maximum atomic E-state index is 8.36. The summed E-state index contributed by atoms with van der Waals surface area (Å²) in [5, 5.41) is 8.36. The van der Waals surface area contributed by atoms with Crippen LogP contribution < -0.4 is 5.73 Å². The summed E-state index contributed by atoms with van der Waals surface area (Å²) < 4.78 is 0. The van der Waals surface area contributed by atoms with Gasteiger partial charge in [0.15, 0.2) is 5.54 Å². The van der Waals surface area contributed by atoms with E-state index in [0.29, 0.717) is 18.0 Å². The van der Waals surface area contributed by atoms with E-state index in [9.17, 15) is 0 Å². The second kappa shape index (κ2) is 4.35. The van der Waals surface area contributed by atoms with Gasteiger partial charge in [-0.25, -0.2) is 0 Å². The minimum absolute atomic E-state index is 0.434. The molecule has 3 N–H and O–H groups in total. The zero-order valence-corrected chi connectivity index (χ0v) is 10.5. The Hall–Kier alpha value is -2.42. The highest BCUT2D eigenvalue weighted by atomic mass is 15.0. The van der Waals surface area contributed by atoms with Crippen LogP contribution in [0.3, 0.4) is 0 Å². The molecule has 0 amide bonds. The van der Waals surface area contributed by atoms with Crippen LogP contribution >= 0.6 is 0 Å². The molecule has 1 aliphatic heterocycles. The standard InChI is InChI=1S/C16H15N3/c17-14-11-15(18)19-16(14,12-7-3-1-4-8-12)13-9-5-2-6-10-13/h1-10,17H,11H2,(H2,18,19). The van der Waals surface area contributed by atoms with Crippen molar-refractivity contribution in [3.8, 4) is 0 Å². The second-order valence-electron chi connectivity index (χ2n) is 4.70. The number of aliphatic imine (C=N–C) groups is 1. The van der Waals surface area contributed by atoms with E-state index in [1.165, 1.54) is 0 Å². The second-order valence-corrected chi connectivity index (χ2v) is 4.70. The van der Waals surface area contributed by atoms with Gasteiger partial charge < -0.3 is 11.1 Å². The molecule has 0 bridgehead atoms. The van der Waals surface area contributed by atoms with Crippen LogP contribution in [0.25, 0.3) is 0 Å². The molecular formula is C16H15N3. The third kappa shape index (κ3) is 1.74. The Balaban J connectivity index is 2.26. The van der Waals surface area contributed by atoms with E-state index in [-0.39, 0.29) is 0 Å². The lowest BCUT2D eigenvalue weighted by molar-refractivity contribution is 0.739. The molecular weight excluding hydrogens is 234 g/mol. The van der Waals surface area contributed by atoms with Crippen LogP contribution in [-0.4, -0.2) is 11.5 Å². The lowest BCUT2D eigenvalue weighted by Crippen LogP contribution is -2.31. The van der Waals surface area contributed by atoms with Crippen molar-refractivity contribution in [1.82, 2.24) is 0 Å². The SMILES string of the molecule is N=C1CC(N)=NC1(c1ccccc1)c1ccccc1. The Kier molecular flexibility index (Phi) is 2.67. The van der Waals surface area contributed by atoms with Crippen molar-refractivity contribution >= 4 is 11.5 Å². The smallest absolute Gasteiger partial charge is 0.150 e. The molecule has 3 heteroatoms. The Bertz CT molecular complexity index is 590. The molecule has 0 radical (unpaired) electrons. The molecule has 0 spiro atoms. The lowest BCUT2D eigenvalue weighted by atomic mass is 9.80. The predicted octanol–water partition coefficient (Wildman–Crippen LogP) is 2.71. The highest BCUT2D eigenvalue weighted by molar-refractivity contribution is 6.13. The highest BCUT2D eigenvalue weighted by Gasteiger charge is 2.42. The number of amidine groups is 1. The first-order chi connectivity index (χ1) is 9.23. The molecule has 0 unspecified atom stereocenters. The highest BCUT2D eigenvalue weighted by Crippen LogP contribution is 2.39. The molecule has 19 heavy (non-hydrogen) atoms. The number of nitrogens with one attached hydrogen (secondary N) is 1. The fourth-order valence-electron chi connectivity index (χ4n) is 2.63. The van der Waals surface area contributed by atoms with E-state index in [4.69, 9.17) is 11.1 Å². The minimum atomic E-state index is -0.743. The molecule has 2 aromatic rings. The topological polar surface area (TPSA) is 62.2 Å². The van der Waals surface area contributed by atoms with Gasteiger partial charge in [0, 0.05) is 6.42 Å². The van der Waals surface area contributed by atoms with Crippen LogP contribution in [0.5, 0.6) is 0 Å². The van der Waals surface area contributed by atoms with Crippen molar-refractivity contribution in [2.45, 2.75) is 12.0 Å². The molecule has 0 saturated carbocycles. The molecule has 3 nitrogen and oxygen atoms in total. The van der Waals surface area contributed by atoms with Crippen molar-refractivity contribution in [1.29, 1.82) is 5.41 Å². The number of hydrogen-bond acceptors (Lipinski definition) is 3. The summed E-state index contributed by atoms with van der Waals surface area (Å²) in [6, 6.07) is 19.8. The summed E-state index contributed by atoms with van der Waals surface area (Å²) >= 11 is 0. The Morgan fingerprint density at radius 3 is 1.74 bits per heavy atom. The van der Waals surface area contributed by atoms with Gasteiger partial charge in [-0.2, -0.15) is 0 Å². The Morgan fingerprint density at radius 1 is 0.895 bits per heavy atom. The number of benzene rings is 2. The normalized spacial score (nSPS) is 17.3. The van der Waals surface area contributed by atoms with E-state index in [1.54, 1.807) is 0 Å². The van der Waals surface area contributed by atoms with Crippen LogP contribution in [-0.2, 0) is 5.54 Å². The van der Waals surface area contributed by atoms with Gasteiger partial charge in [-0.05, 0) is 11.1 Å². The van der Waals surface area contributed by atoms with Crippen LogP contribution in [0, 0.1) is 5.41 Å². The summed E-state index contributed by atoms with van der Waals surface area (Å²) in [6.07, 6.45) is 0.434. The summed E-state index contributed by atoms with van der Waals surface area (Å²) in [7, 11) is 0. The molecule has 3 rings (SSSR count). The van der Waals surface area contributed by atoms with Crippen molar-refractivity contribution < 1.29 is 0 Å². The van der Waals surface area contributed by atoms with Crippen molar-refractivity contribution in [2.75, 3.05) is 0 Å². The first-order valence-electron chi connectivity index (χ1n) is 6.26. The van der Waals surface area contributed by atoms with E-state index < -0.39 is 5.54 Å². The van der Waals surface area contributed by atoms with Crippen LogP contribution in [0.2, 0.25) is 0 Å². The molecule has 0 atom stereocenters. The van der Waals surface area contributed by atoms with Gasteiger partial charge >= 0.3 is 0 Å². The number of hydrogen-bond donors (Lipinski definition) is 2. The summed E-state index contributed by atoms with van der Waals surface area (Å²) in [4.78, 5) is 4.61. The van der Waals surface area contributed by atoms with E-state index >= 15 is 0 Å². The molecule has 0 aromatic heterocycles. The van der Waals surface area contributed by atoms with Crippen molar-refractivity contribution in [2.24, 2.45) is 10.7 Å². The van der Waals surface area contributed by atoms with E-state index in [0.717, 1.165) is 11.1 Å². The predicted molar refractivity (Wildman–Crippen MR) is 77.6 cm³/mol. The zero-order valence-electron chi connectivity index (χ0n) is 10.5. The van der Waals surface area contributed by atoms with Crippen molar-refractivity contribution in [3.63, 3.8) is 0 Å². The monoisotopic (exact) mass is 249 g/mol. The quantitative estimate of drug-likeness (QED) is 0.844. The molecule has 94 valence electrons. The third-order valence-corrected chi connectivity index (χ3v) is 3.49. The first-order valence-corrected chi connectivity index (χ1v) is 6.26. The van der Waals surface area contributed by atoms with Gasteiger partial charge in [-0.15, -0.1) is 0 Å². The molecule has 0 aliphatic carbocycles. The molecule has 1 aliphatic rings. The van der Waals surface area contributed by atoms with Gasteiger partial charge in [0.25, 0.3) is 0 Å². The average Bonchev–Trinajstić information content (AvgIpc) is 2.76. The lowest BCUT2D eigenvalue weighted by Gasteiger charge is -2.27. The van der Waals surface area contributed by atoms with E-state index in [1.807, 2.05) is 60.7 Å². The van der Waals surface area contributed by atoms with Gasteiger partial charge in [0.2, 0.25) is 0 Å². The van der Waals surface area contributed by atoms with Crippen LogP contribution in [0.1, 0.15) is 17.5 Å². The maximum absolute atomic E-state index is 8.36. The number of nitrogens with zero attached hydrogens (tertiary/aromatic N) is 1. The van der Waals surface area contributed by atoms with Crippen LogP contribution in [0.4, 0.5) is 0 Å². The summed E-state index contributed by atoms with van der Waals surface area (Å²) in [6.45, 7) is 0. The molecule has 1 heterocycles. The van der Waals surface area contributed by atoms with Gasteiger partial charge in [-0.1, -0.05) is 60.7 Å². The average molecular weight is 249 g/mol.